The maximum atomic E-state index is 12.7. The summed E-state index contributed by atoms with van der Waals surface area (Å²) >= 11 is 0. The summed E-state index contributed by atoms with van der Waals surface area (Å²) in [5, 5.41) is 9.71. The van der Waals surface area contributed by atoms with Gasteiger partial charge in [0.1, 0.15) is 16.4 Å². The lowest BCUT2D eigenvalue weighted by atomic mass is 10.2. The van der Waals surface area contributed by atoms with Gasteiger partial charge in [-0.25, -0.2) is 8.42 Å². The SMILES string of the molecule is CNCc1c(C)oc(C)c1S(=O)(=O)Nc1c(C)n[nH]c1C. The summed E-state index contributed by atoms with van der Waals surface area (Å²) in [4.78, 5) is 0.189. The molecule has 0 aliphatic rings. The minimum Gasteiger partial charge on any atom is -0.465 e. The lowest BCUT2D eigenvalue weighted by molar-refractivity contribution is 0.494. The highest BCUT2D eigenvalue weighted by Gasteiger charge is 2.27. The Hall–Kier alpha value is -1.80. The van der Waals surface area contributed by atoms with Gasteiger partial charge >= 0.3 is 0 Å². The standard InChI is InChI=1S/C13H20N4O3S/c1-7-12(8(2)16-15-7)17-21(18,19)13-10(4)20-9(3)11(13)6-14-5/h14,17H,6H2,1-5H3,(H,15,16). The minimum atomic E-state index is -3.73. The van der Waals surface area contributed by atoms with Crippen LogP contribution in [0.2, 0.25) is 0 Å². The number of aromatic amines is 1. The number of nitrogens with zero attached hydrogens (tertiary/aromatic N) is 1. The molecule has 0 saturated heterocycles. The molecule has 0 fully saturated rings. The second kappa shape index (κ2) is 5.53. The predicted octanol–water partition coefficient (Wildman–Crippen LogP) is 1.76. The van der Waals surface area contributed by atoms with Crippen LogP contribution in [-0.4, -0.2) is 25.7 Å². The van der Waals surface area contributed by atoms with Crippen LogP contribution in [0.15, 0.2) is 9.31 Å². The summed E-state index contributed by atoms with van der Waals surface area (Å²) in [7, 11) is -1.97. The van der Waals surface area contributed by atoms with E-state index < -0.39 is 10.0 Å². The van der Waals surface area contributed by atoms with Crippen LogP contribution in [0.5, 0.6) is 0 Å². The van der Waals surface area contributed by atoms with Crippen LogP contribution >= 0.6 is 0 Å². The summed E-state index contributed by atoms with van der Waals surface area (Å²) in [6.45, 7) is 7.33. The summed E-state index contributed by atoms with van der Waals surface area (Å²) in [5.41, 5.74) is 2.39. The summed E-state index contributed by atoms with van der Waals surface area (Å²) in [6.07, 6.45) is 0. The Kier molecular flexibility index (Phi) is 4.11. The fourth-order valence-electron chi connectivity index (χ4n) is 2.33. The van der Waals surface area contributed by atoms with Crippen molar-refractivity contribution in [3.8, 4) is 0 Å². The van der Waals surface area contributed by atoms with E-state index in [0.717, 1.165) is 0 Å². The van der Waals surface area contributed by atoms with E-state index in [2.05, 4.69) is 20.2 Å². The van der Waals surface area contributed by atoms with E-state index in [1.54, 1.807) is 34.7 Å². The summed E-state index contributed by atoms with van der Waals surface area (Å²) < 4.78 is 33.5. The predicted molar refractivity (Wildman–Crippen MR) is 79.8 cm³/mol. The molecular weight excluding hydrogens is 292 g/mol. The van der Waals surface area contributed by atoms with Gasteiger partial charge < -0.3 is 9.73 Å². The first kappa shape index (κ1) is 15.6. The Morgan fingerprint density at radius 3 is 2.38 bits per heavy atom. The van der Waals surface area contributed by atoms with Crippen LogP contribution < -0.4 is 10.0 Å². The second-order valence-electron chi connectivity index (χ2n) is 4.97. The van der Waals surface area contributed by atoms with Crippen molar-refractivity contribution in [2.75, 3.05) is 11.8 Å². The highest BCUT2D eigenvalue weighted by atomic mass is 32.2. The third-order valence-corrected chi connectivity index (χ3v) is 4.86. The van der Waals surface area contributed by atoms with Crippen molar-refractivity contribution in [1.29, 1.82) is 0 Å². The lowest BCUT2D eigenvalue weighted by Crippen LogP contribution is -2.18. The van der Waals surface area contributed by atoms with Crippen molar-refractivity contribution in [3.05, 3.63) is 28.5 Å². The number of aromatic nitrogens is 2. The van der Waals surface area contributed by atoms with Crippen LogP contribution in [-0.2, 0) is 16.6 Å². The van der Waals surface area contributed by atoms with Crippen LogP contribution in [0, 0.1) is 27.7 Å². The van der Waals surface area contributed by atoms with E-state index in [1.807, 2.05) is 0 Å². The smallest absolute Gasteiger partial charge is 0.265 e. The monoisotopic (exact) mass is 312 g/mol. The number of sulfonamides is 1. The molecule has 0 atom stereocenters. The second-order valence-corrected chi connectivity index (χ2v) is 6.59. The molecule has 8 heteroatoms. The van der Waals surface area contributed by atoms with E-state index in [9.17, 15) is 8.42 Å². The van der Waals surface area contributed by atoms with E-state index in [0.29, 0.717) is 40.7 Å². The zero-order valence-electron chi connectivity index (χ0n) is 12.8. The fourth-order valence-corrected chi connectivity index (χ4v) is 3.96. The van der Waals surface area contributed by atoms with Gasteiger partial charge in [0.05, 0.1) is 17.1 Å². The molecular formula is C13H20N4O3S. The van der Waals surface area contributed by atoms with Crippen molar-refractivity contribution in [2.24, 2.45) is 0 Å². The zero-order chi connectivity index (χ0) is 15.8. The van der Waals surface area contributed by atoms with E-state index in [1.165, 1.54) is 0 Å². The van der Waals surface area contributed by atoms with Gasteiger partial charge in [-0.3, -0.25) is 9.82 Å². The maximum absolute atomic E-state index is 12.7. The number of hydrogen-bond acceptors (Lipinski definition) is 5. The van der Waals surface area contributed by atoms with Crippen LogP contribution in [0.3, 0.4) is 0 Å². The Bertz CT molecular complexity index is 739. The summed E-state index contributed by atoms with van der Waals surface area (Å²) in [6, 6.07) is 0. The molecule has 2 aromatic heterocycles. The van der Waals surface area contributed by atoms with Crippen LogP contribution in [0.4, 0.5) is 5.69 Å². The molecule has 0 aliphatic carbocycles. The average molecular weight is 312 g/mol. The topological polar surface area (TPSA) is 100 Å². The first-order valence-corrected chi connectivity index (χ1v) is 8.04. The minimum absolute atomic E-state index is 0.189. The first-order chi connectivity index (χ1) is 9.77. The molecule has 2 heterocycles. The van der Waals surface area contributed by atoms with Gasteiger partial charge in [0.2, 0.25) is 0 Å². The first-order valence-electron chi connectivity index (χ1n) is 6.55. The van der Waals surface area contributed by atoms with Crippen molar-refractivity contribution >= 4 is 15.7 Å². The third-order valence-electron chi connectivity index (χ3n) is 3.31. The number of H-pyrrole nitrogens is 1. The molecule has 0 radical (unpaired) electrons. The van der Waals surface area contributed by atoms with Crippen molar-refractivity contribution in [2.45, 2.75) is 39.1 Å². The maximum Gasteiger partial charge on any atom is 0.265 e. The number of hydrogen-bond donors (Lipinski definition) is 3. The molecule has 116 valence electrons. The van der Waals surface area contributed by atoms with Gasteiger partial charge in [0.25, 0.3) is 10.0 Å². The summed E-state index contributed by atoms with van der Waals surface area (Å²) in [5.74, 6) is 0.979. The van der Waals surface area contributed by atoms with E-state index >= 15 is 0 Å². The highest BCUT2D eigenvalue weighted by Crippen LogP contribution is 2.29. The van der Waals surface area contributed by atoms with Gasteiger partial charge in [-0.15, -0.1) is 0 Å². The average Bonchev–Trinajstić information content (AvgIpc) is 2.84. The Balaban J connectivity index is 2.50. The van der Waals surface area contributed by atoms with Gasteiger partial charge in [-0.05, 0) is 34.7 Å². The molecule has 0 unspecified atom stereocenters. The Morgan fingerprint density at radius 1 is 1.19 bits per heavy atom. The lowest BCUT2D eigenvalue weighted by Gasteiger charge is -2.09. The molecule has 3 N–H and O–H groups in total. The van der Waals surface area contributed by atoms with Crippen molar-refractivity contribution in [1.82, 2.24) is 15.5 Å². The molecule has 2 rings (SSSR count). The highest BCUT2D eigenvalue weighted by molar-refractivity contribution is 7.92. The van der Waals surface area contributed by atoms with Gasteiger partial charge in [-0.1, -0.05) is 0 Å². The fraction of sp³-hybridized carbons (Fsp3) is 0.462. The van der Waals surface area contributed by atoms with Crippen LogP contribution in [0.1, 0.15) is 28.5 Å². The van der Waals surface area contributed by atoms with Crippen LogP contribution in [0.25, 0.3) is 0 Å². The zero-order valence-corrected chi connectivity index (χ0v) is 13.6. The number of aryl methyl sites for hydroxylation is 4. The molecule has 7 nitrogen and oxygen atoms in total. The molecule has 2 aromatic rings. The van der Waals surface area contributed by atoms with Gasteiger partial charge in [-0.2, -0.15) is 5.10 Å². The molecule has 0 spiro atoms. The number of nitrogens with one attached hydrogen (secondary N) is 3. The largest absolute Gasteiger partial charge is 0.465 e. The molecule has 21 heavy (non-hydrogen) atoms. The van der Waals surface area contributed by atoms with Crippen molar-refractivity contribution < 1.29 is 12.8 Å². The molecule has 0 aromatic carbocycles. The Labute approximate surface area is 124 Å². The number of rotatable bonds is 5. The third kappa shape index (κ3) is 2.81. The normalized spacial score (nSPS) is 11.9. The number of furan rings is 1. The quantitative estimate of drug-likeness (QED) is 0.781. The van der Waals surface area contributed by atoms with E-state index in [-0.39, 0.29) is 4.90 Å². The van der Waals surface area contributed by atoms with Crippen molar-refractivity contribution in [3.63, 3.8) is 0 Å². The Morgan fingerprint density at radius 2 is 1.86 bits per heavy atom. The van der Waals surface area contributed by atoms with Gasteiger partial charge in [0, 0.05) is 12.1 Å². The molecule has 0 aliphatic heterocycles. The molecule has 0 bridgehead atoms. The van der Waals surface area contributed by atoms with Gasteiger partial charge in [0.15, 0.2) is 0 Å². The number of anilines is 1. The molecule has 0 saturated carbocycles. The molecule has 0 amide bonds. The van der Waals surface area contributed by atoms with E-state index in [4.69, 9.17) is 4.42 Å².